The summed E-state index contributed by atoms with van der Waals surface area (Å²) in [6, 6.07) is 10.3. The first-order chi connectivity index (χ1) is 13.7. The highest BCUT2D eigenvalue weighted by Crippen LogP contribution is 2.35. The Morgan fingerprint density at radius 2 is 1.82 bits per heavy atom. The molecule has 0 unspecified atom stereocenters. The fourth-order valence-electron chi connectivity index (χ4n) is 3.32. The van der Waals surface area contributed by atoms with Crippen LogP contribution in [0.15, 0.2) is 60.9 Å². The summed E-state index contributed by atoms with van der Waals surface area (Å²) in [4.78, 5) is 2.18. The standard InChI is InChI=1S/C22H20FN3O2/c1-27-21-10-18-19(12-24-25-20(18)11-22(21)28-2)16-4-3-9-26(14-16)13-15-5-7-17(23)8-6-15/h3-8,10-12,14H,9,13H2,1-2H3. The number of methoxy groups -OCH3 is 2. The summed E-state index contributed by atoms with van der Waals surface area (Å²) in [5.41, 5.74) is 3.78. The maximum atomic E-state index is 13.1. The van der Waals surface area contributed by atoms with Gasteiger partial charge in [-0.25, -0.2) is 4.39 Å². The van der Waals surface area contributed by atoms with Crippen LogP contribution in [0.5, 0.6) is 11.5 Å². The van der Waals surface area contributed by atoms with Crippen molar-refractivity contribution in [3.8, 4) is 11.5 Å². The molecule has 28 heavy (non-hydrogen) atoms. The number of fused-ring (bicyclic) bond motifs is 1. The predicted molar refractivity (Wildman–Crippen MR) is 107 cm³/mol. The summed E-state index contributed by atoms with van der Waals surface area (Å²) in [5.74, 6) is 1.04. The van der Waals surface area contributed by atoms with Gasteiger partial charge in [-0.05, 0) is 29.3 Å². The molecular formula is C22H20FN3O2. The lowest BCUT2D eigenvalue weighted by Crippen LogP contribution is -2.19. The van der Waals surface area contributed by atoms with E-state index < -0.39 is 0 Å². The van der Waals surface area contributed by atoms with E-state index in [-0.39, 0.29) is 5.82 Å². The van der Waals surface area contributed by atoms with Gasteiger partial charge >= 0.3 is 0 Å². The lowest BCUT2D eigenvalue weighted by molar-refractivity contribution is 0.355. The molecule has 142 valence electrons. The van der Waals surface area contributed by atoms with Crippen LogP contribution in [0.4, 0.5) is 4.39 Å². The van der Waals surface area contributed by atoms with Crippen LogP contribution in [0.3, 0.4) is 0 Å². The zero-order valence-corrected chi connectivity index (χ0v) is 15.7. The molecule has 0 radical (unpaired) electrons. The summed E-state index contributed by atoms with van der Waals surface area (Å²) >= 11 is 0. The van der Waals surface area contributed by atoms with Gasteiger partial charge in [-0.1, -0.05) is 24.3 Å². The minimum Gasteiger partial charge on any atom is -0.493 e. The third-order valence-electron chi connectivity index (χ3n) is 4.71. The van der Waals surface area contributed by atoms with Gasteiger partial charge in [-0.15, -0.1) is 0 Å². The van der Waals surface area contributed by atoms with E-state index in [2.05, 4.69) is 33.4 Å². The smallest absolute Gasteiger partial charge is 0.162 e. The molecule has 0 aliphatic carbocycles. The van der Waals surface area contributed by atoms with Gasteiger partial charge in [0.15, 0.2) is 11.5 Å². The van der Waals surface area contributed by atoms with Gasteiger partial charge in [-0.2, -0.15) is 10.2 Å². The third-order valence-corrected chi connectivity index (χ3v) is 4.71. The predicted octanol–water partition coefficient (Wildman–Crippen LogP) is 4.20. The van der Waals surface area contributed by atoms with Gasteiger partial charge in [0.2, 0.25) is 0 Å². The number of hydrogen-bond acceptors (Lipinski definition) is 5. The van der Waals surface area contributed by atoms with Gasteiger partial charge in [-0.3, -0.25) is 0 Å². The van der Waals surface area contributed by atoms with Crippen molar-refractivity contribution < 1.29 is 13.9 Å². The van der Waals surface area contributed by atoms with E-state index >= 15 is 0 Å². The van der Waals surface area contributed by atoms with Crippen molar-refractivity contribution in [2.24, 2.45) is 0 Å². The lowest BCUT2D eigenvalue weighted by Gasteiger charge is -2.24. The van der Waals surface area contributed by atoms with E-state index in [4.69, 9.17) is 9.47 Å². The molecule has 1 aliphatic heterocycles. The summed E-state index contributed by atoms with van der Waals surface area (Å²) in [5, 5.41) is 9.32. The van der Waals surface area contributed by atoms with Gasteiger partial charge in [0.1, 0.15) is 5.82 Å². The minimum atomic E-state index is -0.225. The first-order valence-corrected chi connectivity index (χ1v) is 8.92. The number of allylic oxidation sites excluding steroid dienone is 2. The zero-order valence-electron chi connectivity index (χ0n) is 15.7. The average molecular weight is 377 g/mol. The maximum Gasteiger partial charge on any atom is 0.162 e. The Labute approximate surface area is 162 Å². The Morgan fingerprint density at radius 1 is 1.07 bits per heavy atom. The number of ether oxygens (including phenoxy) is 2. The van der Waals surface area contributed by atoms with E-state index in [1.165, 1.54) is 12.1 Å². The highest BCUT2D eigenvalue weighted by Gasteiger charge is 2.15. The second-order valence-electron chi connectivity index (χ2n) is 6.53. The van der Waals surface area contributed by atoms with E-state index in [0.29, 0.717) is 18.0 Å². The van der Waals surface area contributed by atoms with E-state index in [1.807, 2.05) is 24.3 Å². The molecule has 2 heterocycles. The molecule has 0 saturated heterocycles. The maximum absolute atomic E-state index is 13.1. The van der Waals surface area contributed by atoms with Crippen LogP contribution < -0.4 is 9.47 Å². The molecule has 3 aromatic rings. The fourth-order valence-corrected chi connectivity index (χ4v) is 3.32. The Bertz CT molecular complexity index is 1060. The molecule has 0 saturated carbocycles. The first-order valence-electron chi connectivity index (χ1n) is 8.92. The van der Waals surface area contributed by atoms with Crippen LogP contribution in [0.1, 0.15) is 11.1 Å². The third kappa shape index (κ3) is 3.53. The van der Waals surface area contributed by atoms with Crippen molar-refractivity contribution in [1.82, 2.24) is 15.1 Å². The summed E-state index contributed by atoms with van der Waals surface area (Å²) in [7, 11) is 3.21. The van der Waals surface area contributed by atoms with E-state index in [1.54, 1.807) is 20.4 Å². The normalized spacial score (nSPS) is 13.5. The highest BCUT2D eigenvalue weighted by molar-refractivity contribution is 5.95. The monoisotopic (exact) mass is 377 g/mol. The molecule has 1 aliphatic rings. The van der Waals surface area contributed by atoms with Gasteiger partial charge in [0.05, 0.1) is 25.9 Å². The topological polar surface area (TPSA) is 47.5 Å². The molecule has 5 nitrogen and oxygen atoms in total. The quantitative estimate of drug-likeness (QED) is 0.667. The minimum absolute atomic E-state index is 0.225. The molecule has 0 amide bonds. The largest absolute Gasteiger partial charge is 0.493 e. The fraction of sp³-hybridized carbons (Fsp3) is 0.182. The molecule has 0 atom stereocenters. The van der Waals surface area contributed by atoms with Crippen LogP contribution in [0, 0.1) is 5.82 Å². The van der Waals surface area contributed by atoms with Crippen LogP contribution >= 0.6 is 0 Å². The molecule has 4 rings (SSSR count). The molecule has 0 fully saturated rings. The van der Waals surface area contributed by atoms with Crippen LogP contribution in [0.2, 0.25) is 0 Å². The van der Waals surface area contributed by atoms with Gasteiger partial charge in [0.25, 0.3) is 0 Å². The van der Waals surface area contributed by atoms with Gasteiger partial charge in [0, 0.05) is 36.3 Å². The SMILES string of the molecule is COc1cc2nncc(C3=CN(Cc4ccc(F)cc4)CC=C3)c2cc1OC. The Morgan fingerprint density at radius 3 is 2.57 bits per heavy atom. The Hall–Kier alpha value is -3.41. The average Bonchev–Trinajstić information content (AvgIpc) is 2.74. The van der Waals surface area contributed by atoms with Crippen molar-refractivity contribution in [2.45, 2.75) is 6.54 Å². The van der Waals surface area contributed by atoms with Crippen LogP contribution in [0.25, 0.3) is 16.5 Å². The van der Waals surface area contributed by atoms with Crippen molar-refractivity contribution in [3.05, 3.63) is 77.9 Å². The van der Waals surface area contributed by atoms with Crippen molar-refractivity contribution in [2.75, 3.05) is 20.8 Å². The summed E-state index contributed by atoms with van der Waals surface area (Å²) < 4.78 is 24.0. The van der Waals surface area contributed by atoms with E-state index in [9.17, 15) is 4.39 Å². The molecule has 2 aromatic carbocycles. The number of halogens is 1. The summed E-state index contributed by atoms with van der Waals surface area (Å²) in [6.07, 6.45) is 8.03. The Kier molecular flexibility index (Phi) is 4.93. The lowest BCUT2D eigenvalue weighted by atomic mass is 10.0. The van der Waals surface area contributed by atoms with Crippen LogP contribution in [-0.4, -0.2) is 35.9 Å². The van der Waals surface area contributed by atoms with Crippen molar-refractivity contribution in [3.63, 3.8) is 0 Å². The summed E-state index contributed by atoms with van der Waals surface area (Å²) in [6.45, 7) is 1.48. The molecular weight excluding hydrogens is 357 g/mol. The number of benzene rings is 2. The molecule has 6 heteroatoms. The second kappa shape index (κ2) is 7.68. The Balaban J connectivity index is 1.70. The van der Waals surface area contributed by atoms with Crippen LogP contribution in [-0.2, 0) is 6.54 Å². The zero-order chi connectivity index (χ0) is 19.5. The second-order valence-corrected chi connectivity index (χ2v) is 6.53. The number of aromatic nitrogens is 2. The molecule has 0 spiro atoms. The highest BCUT2D eigenvalue weighted by atomic mass is 19.1. The van der Waals surface area contributed by atoms with Gasteiger partial charge < -0.3 is 14.4 Å². The number of rotatable bonds is 5. The number of hydrogen-bond donors (Lipinski definition) is 0. The molecule has 0 N–H and O–H groups in total. The molecule has 0 bridgehead atoms. The van der Waals surface area contributed by atoms with E-state index in [0.717, 1.165) is 34.1 Å². The number of nitrogens with zero attached hydrogens (tertiary/aromatic N) is 3. The van der Waals surface area contributed by atoms with Crippen molar-refractivity contribution >= 4 is 16.5 Å². The van der Waals surface area contributed by atoms with Crippen molar-refractivity contribution in [1.29, 1.82) is 0 Å². The first kappa shape index (κ1) is 18.0. The molecule has 1 aromatic heterocycles.